The van der Waals surface area contributed by atoms with Gasteiger partial charge in [0.1, 0.15) is 5.92 Å². The van der Waals surface area contributed by atoms with Gasteiger partial charge in [-0.2, -0.15) is 0 Å². The molecule has 3 atom stereocenters. The number of hydrogen-bond donors (Lipinski definition) is 0. The van der Waals surface area contributed by atoms with Crippen molar-refractivity contribution in [3.05, 3.63) is 64.1 Å². The number of halogens is 2. The van der Waals surface area contributed by atoms with Gasteiger partial charge < -0.3 is 0 Å². The summed E-state index contributed by atoms with van der Waals surface area (Å²) in [4.78, 5) is 34.5. The summed E-state index contributed by atoms with van der Waals surface area (Å²) in [6, 6.07) is 14.1. The molecule has 30 heavy (non-hydrogen) atoms. The van der Waals surface area contributed by atoms with Crippen LogP contribution in [0.2, 0.25) is 10.0 Å². The van der Waals surface area contributed by atoms with E-state index in [0.717, 1.165) is 43.4 Å². The second-order valence-electron chi connectivity index (χ2n) is 8.16. The van der Waals surface area contributed by atoms with Crippen molar-refractivity contribution >= 4 is 40.7 Å². The van der Waals surface area contributed by atoms with Crippen LogP contribution in [0, 0.1) is 5.92 Å². The van der Waals surface area contributed by atoms with E-state index in [1.165, 1.54) is 4.90 Å². The molecule has 2 aromatic carbocycles. The van der Waals surface area contributed by atoms with E-state index < -0.39 is 18.1 Å². The van der Waals surface area contributed by atoms with Crippen LogP contribution in [0.15, 0.2) is 48.5 Å². The lowest BCUT2D eigenvalue weighted by molar-refractivity contribution is -0.146. The van der Waals surface area contributed by atoms with E-state index in [1.807, 2.05) is 30.3 Å². The molecule has 0 bridgehead atoms. The molecule has 0 unspecified atom stereocenters. The number of amides is 2. The van der Waals surface area contributed by atoms with E-state index in [-0.39, 0.29) is 17.9 Å². The van der Waals surface area contributed by atoms with Gasteiger partial charge in [0.25, 0.3) is 5.91 Å². The van der Waals surface area contributed by atoms with Crippen molar-refractivity contribution in [3.8, 4) is 0 Å². The van der Waals surface area contributed by atoms with Gasteiger partial charge in [0.05, 0.1) is 11.7 Å². The summed E-state index contributed by atoms with van der Waals surface area (Å²) in [7, 11) is 0. The van der Waals surface area contributed by atoms with Crippen LogP contribution in [-0.4, -0.2) is 28.9 Å². The van der Waals surface area contributed by atoms with Crippen LogP contribution in [0.1, 0.15) is 43.7 Å². The van der Waals surface area contributed by atoms with E-state index in [2.05, 4.69) is 0 Å². The number of imide groups is 1. The van der Waals surface area contributed by atoms with Crippen LogP contribution >= 0.6 is 23.2 Å². The number of hydrogen-bond acceptors (Lipinski definition) is 4. The SMILES string of the molecule is O=C1[C@H]2[C@@H](c3ccccc3Cl)N(c3ccc(Cl)cc3)O[C@H]2C(=O)N1C1CCCCC1. The Morgan fingerprint density at radius 2 is 1.57 bits per heavy atom. The minimum absolute atomic E-state index is 0.0242. The summed E-state index contributed by atoms with van der Waals surface area (Å²) in [5.41, 5.74) is 1.50. The molecule has 2 aromatic rings. The molecule has 2 saturated heterocycles. The number of likely N-dealkylation sites (tertiary alicyclic amines) is 1. The smallest absolute Gasteiger partial charge is 0.262 e. The lowest BCUT2D eigenvalue weighted by Crippen LogP contribution is -2.44. The molecule has 156 valence electrons. The van der Waals surface area contributed by atoms with Crippen LogP contribution < -0.4 is 5.06 Å². The van der Waals surface area contributed by atoms with Gasteiger partial charge in [-0.05, 0) is 48.7 Å². The summed E-state index contributed by atoms with van der Waals surface area (Å²) in [5, 5.41) is 2.80. The van der Waals surface area contributed by atoms with Crippen LogP contribution in [0.5, 0.6) is 0 Å². The van der Waals surface area contributed by atoms with Gasteiger partial charge >= 0.3 is 0 Å². The first-order valence-corrected chi connectivity index (χ1v) is 11.1. The van der Waals surface area contributed by atoms with Crippen molar-refractivity contribution < 1.29 is 14.4 Å². The molecule has 1 saturated carbocycles. The Hall–Kier alpha value is -2.08. The first-order chi connectivity index (χ1) is 14.6. The van der Waals surface area contributed by atoms with Crippen molar-refractivity contribution in [2.45, 2.75) is 50.3 Å². The van der Waals surface area contributed by atoms with Gasteiger partial charge in [-0.25, -0.2) is 5.06 Å². The van der Waals surface area contributed by atoms with Crippen molar-refractivity contribution in [3.63, 3.8) is 0 Å². The van der Waals surface area contributed by atoms with Crippen LogP contribution in [0.4, 0.5) is 5.69 Å². The molecule has 2 heterocycles. The van der Waals surface area contributed by atoms with E-state index in [0.29, 0.717) is 10.0 Å². The van der Waals surface area contributed by atoms with Gasteiger partial charge in [-0.1, -0.05) is 60.7 Å². The molecule has 5 nitrogen and oxygen atoms in total. The Labute approximate surface area is 185 Å². The molecular formula is C23H22Cl2N2O3. The first kappa shape index (κ1) is 19.9. The fraction of sp³-hybridized carbons (Fsp3) is 0.391. The quantitative estimate of drug-likeness (QED) is 0.612. The maximum atomic E-state index is 13.6. The van der Waals surface area contributed by atoms with Gasteiger partial charge in [0.2, 0.25) is 5.91 Å². The van der Waals surface area contributed by atoms with Gasteiger partial charge in [0.15, 0.2) is 6.10 Å². The summed E-state index contributed by atoms with van der Waals surface area (Å²) in [5.74, 6) is -1.02. The topological polar surface area (TPSA) is 49.9 Å². The highest BCUT2D eigenvalue weighted by molar-refractivity contribution is 6.31. The fourth-order valence-corrected chi connectivity index (χ4v) is 5.35. The summed E-state index contributed by atoms with van der Waals surface area (Å²) in [6.07, 6.45) is 4.15. The van der Waals surface area contributed by atoms with Gasteiger partial charge in [-0.15, -0.1) is 0 Å². The number of rotatable bonds is 3. The third-order valence-corrected chi connectivity index (χ3v) is 6.99. The third kappa shape index (κ3) is 3.20. The Morgan fingerprint density at radius 3 is 2.27 bits per heavy atom. The number of nitrogens with zero attached hydrogens (tertiary/aromatic N) is 2. The molecule has 5 rings (SSSR count). The Balaban J connectivity index is 1.56. The molecule has 1 aliphatic carbocycles. The zero-order chi connectivity index (χ0) is 20.8. The average molecular weight is 445 g/mol. The highest BCUT2D eigenvalue weighted by Crippen LogP contribution is 2.49. The first-order valence-electron chi connectivity index (χ1n) is 10.4. The summed E-state index contributed by atoms with van der Waals surface area (Å²) >= 11 is 12.6. The molecule has 7 heteroatoms. The van der Waals surface area contributed by atoms with Crippen LogP contribution in [0.25, 0.3) is 0 Å². The van der Waals surface area contributed by atoms with Crippen molar-refractivity contribution in [1.29, 1.82) is 0 Å². The molecule has 0 aromatic heterocycles. The minimum Gasteiger partial charge on any atom is -0.277 e. The molecular weight excluding hydrogens is 423 g/mol. The minimum atomic E-state index is -0.837. The molecule has 3 aliphatic rings. The number of carbonyl (C=O) groups is 2. The van der Waals surface area contributed by atoms with E-state index in [4.69, 9.17) is 28.0 Å². The number of anilines is 1. The zero-order valence-electron chi connectivity index (χ0n) is 16.3. The molecule has 0 radical (unpaired) electrons. The third-order valence-electron chi connectivity index (χ3n) is 6.39. The molecule has 0 N–H and O–H groups in total. The largest absolute Gasteiger partial charge is 0.277 e. The molecule has 2 aliphatic heterocycles. The van der Waals surface area contributed by atoms with Crippen molar-refractivity contribution in [2.24, 2.45) is 5.92 Å². The predicted octanol–water partition coefficient (Wildman–Crippen LogP) is 5.17. The van der Waals surface area contributed by atoms with Crippen molar-refractivity contribution in [1.82, 2.24) is 4.90 Å². The average Bonchev–Trinajstić information content (AvgIpc) is 3.26. The standard InChI is InChI=1S/C23H22Cl2N2O3/c24-14-10-12-16(13-11-14)27-20(17-8-4-5-9-18(17)25)19-21(30-27)23(29)26(22(19)28)15-6-2-1-3-7-15/h4-5,8-13,15,19-21H,1-3,6-7H2/t19-,20+,21+/m0/s1. The number of fused-ring (bicyclic) bond motifs is 1. The number of carbonyl (C=O) groups excluding carboxylic acids is 2. The maximum absolute atomic E-state index is 13.6. The highest BCUT2D eigenvalue weighted by atomic mass is 35.5. The molecule has 0 spiro atoms. The second-order valence-corrected chi connectivity index (χ2v) is 9.00. The lowest BCUT2D eigenvalue weighted by atomic mass is 9.90. The maximum Gasteiger partial charge on any atom is 0.262 e. The number of benzene rings is 2. The van der Waals surface area contributed by atoms with E-state index >= 15 is 0 Å². The van der Waals surface area contributed by atoms with Crippen LogP contribution in [-0.2, 0) is 14.4 Å². The number of hydroxylamine groups is 1. The Kier molecular flexibility index (Phi) is 5.21. The lowest BCUT2D eigenvalue weighted by Gasteiger charge is -2.33. The van der Waals surface area contributed by atoms with Gasteiger partial charge in [0, 0.05) is 16.1 Å². The molecule has 3 fully saturated rings. The van der Waals surface area contributed by atoms with E-state index in [1.54, 1.807) is 23.3 Å². The molecule has 2 amide bonds. The van der Waals surface area contributed by atoms with Crippen LogP contribution in [0.3, 0.4) is 0 Å². The second kappa shape index (κ2) is 7.88. The normalized spacial score (nSPS) is 27.1. The summed E-state index contributed by atoms with van der Waals surface area (Å²) in [6.45, 7) is 0. The zero-order valence-corrected chi connectivity index (χ0v) is 17.9. The Morgan fingerprint density at radius 1 is 0.867 bits per heavy atom. The Bertz CT molecular complexity index is 975. The fourth-order valence-electron chi connectivity index (χ4n) is 4.98. The summed E-state index contributed by atoms with van der Waals surface area (Å²) < 4.78 is 0. The predicted molar refractivity (Wildman–Crippen MR) is 115 cm³/mol. The highest BCUT2D eigenvalue weighted by Gasteiger charge is 2.61. The van der Waals surface area contributed by atoms with E-state index in [9.17, 15) is 9.59 Å². The monoisotopic (exact) mass is 444 g/mol. The van der Waals surface area contributed by atoms with Gasteiger partial charge in [-0.3, -0.25) is 19.3 Å². The van der Waals surface area contributed by atoms with Crippen molar-refractivity contribution in [2.75, 3.05) is 5.06 Å².